The number of Topliss-reactive ketones (excluding diaryl/α,β-unsaturated/α-hetero) is 1. The summed E-state index contributed by atoms with van der Waals surface area (Å²) in [6.45, 7) is 1.43. The Hall–Kier alpha value is -0.810. The van der Waals surface area contributed by atoms with Crippen molar-refractivity contribution in [3.05, 3.63) is 11.1 Å². The van der Waals surface area contributed by atoms with Crippen LogP contribution in [0.25, 0.3) is 0 Å². The van der Waals surface area contributed by atoms with Crippen molar-refractivity contribution in [2.24, 2.45) is 5.92 Å². The molecular formula is C9H12N2O2S. The molecule has 0 bridgehead atoms. The summed E-state index contributed by atoms with van der Waals surface area (Å²) >= 11 is 1.29. The van der Waals surface area contributed by atoms with Crippen molar-refractivity contribution in [1.29, 1.82) is 0 Å². The fourth-order valence-electron chi connectivity index (χ4n) is 1.60. The van der Waals surface area contributed by atoms with E-state index in [4.69, 9.17) is 4.74 Å². The maximum atomic E-state index is 11.7. The van der Waals surface area contributed by atoms with Crippen molar-refractivity contribution in [3.63, 3.8) is 0 Å². The number of ether oxygens (including phenoxy) is 1. The number of ketones is 1. The molecular weight excluding hydrogens is 200 g/mol. The summed E-state index contributed by atoms with van der Waals surface area (Å²) in [6, 6.07) is 0. The topological polar surface area (TPSA) is 52.1 Å². The Morgan fingerprint density at radius 3 is 3.00 bits per heavy atom. The number of carbonyl (C=O) groups is 1. The highest BCUT2D eigenvalue weighted by Gasteiger charge is 2.21. The predicted molar refractivity (Wildman–Crippen MR) is 52.2 cm³/mol. The summed E-state index contributed by atoms with van der Waals surface area (Å²) < 4.78 is 8.94. The zero-order valence-electron chi connectivity index (χ0n) is 7.81. The standard InChI is InChI=1S/C9H12N2O2S/c12-9(5-8-6-14-11-10-8)7-1-3-13-4-2-7/h6-7H,1-5H2. The van der Waals surface area contributed by atoms with Crippen LogP contribution in [0.4, 0.5) is 0 Å². The predicted octanol–water partition coefficient (Wildman–Crippen LogP) is 1.08. The van der Waals surface area contributed by atoms with Gasteiger partial charge in [0.05, 0.1) is 12.1 Å². The first-order valence-electron chi connectivity index (χ1n) is 4.72. The van der Waals surface area contributed by atoms with Gasteiger partial charge in [-0.2, -0.15) is 0 Å². The second-order valence-electron chi connectivity index (χ2n) is 3.43. The number of rotatable bonds is 3. The van der Waals surface area contributed by atoms with Crippen molar-refractivity contribution in [2.75, 3.05) is 13.2 Å². The molecule has 0 aliphatic carbocycles. The molecule has 1 aliphatic heterocycles. The van der Waals surface area contributed by atoms with Gasteiger partial charge in [-0.1, -0.05) is 4.49 Å². The molecule has 2 heterocycles. The molecule has 2 rings (SSSR count). The molecule has 4 nitrogen and oxygen atoms in total. The monoisotopic (exact) mass is 212 g/mol. The molecule has 14 heavy (non-hydrogen) atoms. The first-order chi connectivity index (χ1) is 6.86. The Morgan fingerprint density at radius 1 is 1.57 bits per heavy atom. The van der Waals surface area contributed by atoms with Gasteiger partial charge in [-0.25, -0.2) is 0 Å². The van der Waals surface area contributed by atoms with Crippen molar-refractivity contribution in [1.82, 2.24) is 9.59 Å². The molecule has 1 aromatic rings. The summed E-state index contributed by atoms with van der Waals surface area (Å²) in [5, 5.41) is 5.70. The lowest BCUT2D eigenvalue weighted by atomic mass is 9.93. The highest BCUT2D eigenvalue weighted by atomic mass is 32.1. The van der Waals surface area contributed by atoms with Crippen molar-refractivity contribution in [2.45, 2.75) is 19.3 Å². The molecule has 0 radical (unpaired) electrons. The molecule has 1 aromatic heterocycles. The van der Waals surface area contributed by atoms with Gasteiger partial charge in [-0.05, 0) is 24.4 Å². The second kappa shape index (κ2) is 4.61. The maximum Gasteiger partial charge on any atom is 0.142 e. The summed E-state index contributed by atoms with van der Waals surface area (Å²) in [5.74, 6) is 0.450. The smallest absolute Gasteiger partial charge is 0.142 e. The minimum absolute atomic E-state index is 0.172. The zero-order valence-corrected chi connectivity index (χ0v) is 8.63. The van der Waals surface area contributed by atoms with Gasteiger partial charge in [0.2, 0.25) is 0 Å². The Kier molecular flexibility index (Phi) is 3.21. The van der Waals surface area contributed by atoms with E-state index in [0.29, 0.717) is 19.6 Å². The third-order valence-electron chi connectivity index (χ3n) is 2.44. The molecule has 1 fully saturated rings. The van der Waals surface area contributed by atoms with Crippen LogP contribution in [-0.2, 0) is 16.0 Å². The highest BCUT2D eigenvalue weighted by Crippen LogP contribution is 2.17. The van der Waals surface area contributed by atoms with E-state index in [-0.39, 0.29) is 11.7 Å². The van der Waals surface area contributed by atoms with Crippen LogP contribution in [0, 0.1) is 5.92 Å². The van der Waals surface area contributed by atoms with Gasteiger partial charge < -0.3 is 4.74 Å². The van der Waals surface area contributed by atoms with Gasteiger partial charge in [0.1, 0.15) is 5.78 Å². The van der Waals surface area contributed by atoms with Crippen LogP contribution in [0.3, 0.4) is 0 Å². The molecule has 1 saturated heterocycles. The Bertz CT molecular complexity index is 294. The maximum absolute atomic E-state index is 11.7. The Balaban J connectivity index is 1.88. The second-order valence-corrected chi connectivity index (χ2v) is 4.04. The third kappa shape index (κ3) is 2.36. The van der Waals surface area contributed by atoms with Gasteiger partial charge in [0.25, 0.3) is 0 Å². The van der Waals surface area contributed by atoms with Crippen molar-refractivity contribution < 1.29 is 9.53 Å². The molecule has 0 saturated carbocycles. The fourth-order valence-corrected chi connectivity index (χ4v) is 2.05. The summed E-state index contributed by atoms with van der Waals surface area (Å²) in [4.78, 5) is 11.7. The largest absolute Gasteiger partial charge is 0.381 e. The van der Waals surface area contributed by atoms with Crippen LogP contribution < -0.4 is 0 Å². The van der Waals surface area contributed by atoms with Gasteiger partial charge >= 0.3 is 0 Å². The van der Waals surface area contributed by atoms with Gasteiger partial charge in [0.15, 0.2) is 0 Å². The van der Waals surface area contributed by atoms with E-state index < -0.39 is 0 Å². The van der Waals surface area contributed by atoms with Crippen LogP contribution in [0.2, 0.25) is 0 Å². The summed E-state index contributed by atoms with van der Waals surface area (Å²) in [5.41, 5.74) is 0.798. The minimum atomic E-state index is 0.172. The van der Waals surface area contributed by atoms with E-state index >= 15 is 0 Å². The minimum Gasteiger partial charge on any atom is -0.381 e. The van der Waals surface area contributed by atoms with Crippen LogP contribution in [0.5, 0.6) is 0 Å². The summed E-state index contributed by atoms with van der Waals surface area (Å²) in [6.07, 6.45) is 2.15. The van der Waals surface area contributed by atoms with E-state index in [0.717, 1.165) is 18.5 Å². The SMILES string of the molecule is O=C(Cc1csnn1)C1CCOCC1. The van der Waals surface area contributed by atoms with Gasteiger partial charge in [-0.15, -0.1) is 5.10 Å². The van der Waals surface area contributed by atoms with Crippen LogP contribution in [0.1, 0.15) is 18.5 Å². The van der Waals surface area contributed by atoms with Gasteiger partial charge in [0, 0.05) is 24.5 Å². The average Bonchev–Trinajstić information content (AvgIpc) is 2.72. The van der Waals surface area contributed by atoms with Crippen molar-refractivity contribution in [3.8, 4) is 0 Å². The third-order valence-corrected chi connectivity index (χ3v) is 2.99. The van der Waals surface area contributed by atoms with Gasteiger partial charge in [-0.3, -0.25) is 4.79 Å². The lowest BCUT2D eigenvalue weighted by Crippen LogP contribution is -2.24. The number of hydrogen-bond donors (Lipinski definition) is 0. The first-order valence-corrected chi connectivity index (χ1v) is 5.56. The first kappa shape index (κ1) is 9.73. The van der Waals surface area contributed by atoms with E-state index in [1.165, 1.54) is 11.5 Å². The molecule has 0 unspecified atom stereocenters. The van der Waals surface area contributed by atoms with E-state index in [1.54, 1.807) is 0 Å². The van der Waals surface area contributed by atoms with Crippen molar-refractivity contribution >= 4 is 17.3 Å². The molecule has 1 aliphatic rings. The van der Waals surface area contributed by atoms with E-state index in [2.05, 4.69) is 9.59 Å². The normalized spacial score (nSPS) is 18.3. The molecule has 0 atom stereocenters. The molecule has 0 spiro atoms. The summed E-state index contributed by atoms with van der Waals surface area (Å²) in [7, 11) is 0. The van der Waals surface area contributed by atoms with Crippen LogP contribution in [-0.4, -0.2) is 28.6 Å². The number of carbonyl (C=O) groups excluding carboxylic acids is 1. The molecule has 5 heteroatoms. The lowest BCUT2D eigenvalue weighted by molar-refractivity contribution is -0.125. The Morgan fingerprint density at radius 2 is 2.36 bits per heavy atom. The van der Waals surface area contributed by atoms with E-state index in [1.807, 2.05) is 5.38 Å². The molecule has 0 amide bonds. The number of hydrogen-bond acceptors (Lipinski definition) is 5. The quantitative estimate of drug-likeness (QED) is 0.752. The molecule has 0 aromatic carbocycles. The fraction of sp³-hybridized carbons (Fsp3) is 0.667. The molecule has 0 N–H and O–H groups in total. The average molecular weight is 212 g/mol. The molecule has 76 valence electrons. The highest BCUT2D eigenvalue weighted by molar-refractivity contribution is 7.03. The number of aromatic nitrogens is 2. The lowest BCUT2D eigenvalue weighted by Gasteiger charge is -2.20. The zero-order chi connectivity index (χ0) is 9.80. The van der Waals surface area contributed by atoms with E-state index in [9.17, 15) is 4.79 Å². The van der Waals surface area contributed by atoms with Crippen LogP contribution >= 0.6 is 11.5 Å². The van der Waals surface area contributed by atoms with Crippen LogP contribution in [0.15, 0.2) is 5.38 Å². The Labute approximate surface area is 86.4 Å². The number of nitrogens with zero attached hydrogens (tertiary/aromatic N) is 2.